The fourth-order valence-corrected chi connectivity index (χ4v) is 2.61. The maximum atomic E-state index is 12.5. The molecule has 20 heavy (non-hydrogen) atoms. The molecular weight excluding hydrogens is 252 g/mol. The lowest BCUT2D eigenvalue weighted by molar-refractivity contribution is -0.133. The summed E-state index contributed by atoms with van der Waals surface area (Å²) in [6, 6.07) is 11.8. The summed E-state index contributed by atoms with van der Waals surface area (Å²) in [5.41, 5.74) is 2.54. The Kier molecular flexibility index (Phi) is 3.56. The van der Waals surface area contributed by atoms with Crippen molar-refractivity contribution in [2.75, 3.05) is 7.05 Å². The van der Waals surface area contributed by atoms with Crippen molar-refractivity contribution < 1.29 is 9.21 Å². The van der Waals surface area contributed by atoms with Gasteiger partial charge in [-0.25, -0.2) is 0 Å². The molecule has 0 radical (unpaired) electrons. The number of amides is 1. The van der Waals surface area contributed by atoms with Gasteiger partial charge in [0.1, 0.15) is 5.76 Å². The minimum Gasteiger partial charge on any atom is -0.467 e. The van der Waals surface area contributed by atoms with Gasteiger partial charge in [0.25, 0.3) is 0 Å². The SMILES string of the molecule is CN(Cc1ccco1)C(=O)C1Cc2ccccc2CN1. The Bertz CT molecular complexity index is 592. The molecule has 1 N–H and O–H groups in total. The number of likely N-dealkylation sites (N-methyl/N-ethyl adjacent to an activating group) is 1. The lowest BCUT2D eigenvalue weighted by Crippen LogP contribution is -2.47. The van der Waals surface area contributed by atoms with Crippen molar-refractivity contribution in [2.45, 2.75) is 25.6 Å². The van der Waals surface area contributed by atoms with E-state index >= 15 is 0 Å². The molecule has 0 fully saturated rings. The second-order valence-electron chi connectivity index (χ2n) is 5.18. The molecule has 0 aliphatic carbocycles. The number of hydrogen-bond acceptors (Lipinski definition) is 3. The standard InChI is InChI=1S/C16H18N2O2/c1-18(11-14-7-4-8-20-14)16(19)15-9-12-5-2-3-6-13(12)10-17-15/h2-8,15,17H,9-11H2,1H3. The van der Waals surface area contributed by atoms with Gasteiger partial charge >= 0.3 is 0 Å². The largest absolute Gasteiger partial charge is 0.467 e. The van der Waals surface area contributed by atoms with Gasteiger partial charge < -0.3 is 14.6 Å². The fraction of sp³-hybridized carbons (Fsp3) is 0.312. The predicted octanol–water partition coefficient (Wildman–Crippen LogP) is 1.95. The number of nitrogens with one attached hydrogen (secondary N) is 1. The molecule has 3 rings (SSSR count). The third-order valence-corrected chi connectivity index (χ3v) is 3.73. The molecule has 1 aliphatic heterocycles. The molecule has 2 aromatic rings. The lowest BCUT2D eigenvalue weighted by Gasteiger charge is -2.28. The lowest BCUT2D eigenvalue weighted by atomic mass is 9.95. The summed E-state index contributed by atoms with van der Waals surface area (Å²) in [5.74, 6) is 0.910. The van der Waals surface area contributed by atoms with Gasteiger partial charge in [0.05, 0.1) is 18.8 Å². The van der Waals surface area contributed by atoms with Gasteiger partial charge in [-0.05, 0) is 29.7 Å². The van der Waals surface area contributed by atoms with Crippen LogP contribution < -0.4 is 5.32 Å². The summed E-state index contributed by atoms with van der Waals surface area (Å²) < 4.78 is 5.28. The molecule has 1 aromatic heterocycles. The van der Waals surface area contributed by atoms with E-state index < -0.39 is 0 Å². The van der Waals surface area contributed by atoms with Crippen LogP contribution in [0.5, 0.6) is 0 Å². The van der Waals surface area contributed by atoms with E-state index in [1.165, 1.54) is 11.1 Å². The quantitative estimate of drug-likeness (QED) is 0.927. The predicted molar refractivity (Wildman–Crippen MR) is 76.0 cm³/mol. The van der Waals surface area contributed by atoms with Crippen LogP contribution in [0.3, 0.4) is 0 Å². The Hall–Kier alpha value is -2.07. The first-order valence-corrected chi connectivity index (χ1v) is 6.81. The Morgan fingerprint density at radius 3 is 2.85 bits per heavy atom. The zero-order valence-corrected chi connectivity index (χ0v) is 11.5. The topological polar surface area (TPSA) is 45.5 Å². The van der Waals surface area contributed by atoms with Crippen LogP contribution in [-0.4, -0.2) is 23.9 Å². The highest BCUT2D eigenvalue weighted by Crippen LogP contribution is 2.17. The van der Waals surface area contributed by atoms with Crippen molar-refractivity contribution in [1.29, 1.82) is 0 Å². The minimum absolute atomic E-state index is 0.107. The first kappa shape index (κ1) is 12.9. The number of hydrogen-bond donors (Lipinski definition) is 1. The normalized spacial score (nSPS) is 17.6. The van der Waals surface area contributed by atoms with E-state index in [-0.39, 0.29) is 11.9 Å². The van der Waals surface area contributed by atoms with Gasteiger partial charge in [-0.15, -0.1) is 0 Å². The molecular formula is C16H18N2O2. The van der Waals surface area contributed by atoms with Gasteiger partial charge in [-0.1, -0.05) is 24.3 Å². The van der Waals surface area contributed by atoms with E-state index in [4.69, 9.17) is 4.42 Å². The van der Waals surface area contributed by atoms with Crippen LogP contribution in [0.2, 0.25) is 0 Å². The van der Waals surface area contributed by atoms with Crippen LogP contribution in [0.15, 0.2) is 47.1 Å². The van der Waals surface area contributed by atoms with Crippen LogP contribution in [-0.2, 0) is 24.3 Å². The fourth-order valence-electron chi connectivity index (χ4n) is 2.61. The van der Waals surface area contributed by atoms with Crippen LogP contribution >= 0.6 is 0 Å². The Morgan fingerprint density at radius 2 is 2.10 bits per heavy atom. The monoisotopic (exact) mass is 270 g/mol. The molecule has 1 amide bonds. The van der Waals surface area contributed by atoms with Crippen molar-refractivity contribution in [3.8, 4) is 0 Å². The van der Waals surface area contributed by atoms with Gasteiger partial charge in [0.2, 0.25) is 5.91 Å². The average Bonchev–Trinajstić information content (AvgIpc) is 2.99. The van der Waals surface area contributed by atoms with Crippen LogP contribution in [0.4, 0.5) is 0 Å². The van der Waals surface area contributed by atoms with Gasteiger partial charge in [-0.3, -0.25) is 4.79 Å². The van der Waals surface area contributed by atoms with Crippen LogP contribution in [0, 0.1) is 0 Å². The Balaban J connectivity index is 1.66. The number of carbonyl (C=O) groups excluding carboxylic acids is 1. The van der Waals surface area contributed by atoms with Crippen LogP contribution in [0.25, 0.3) is 0 Å². The van der Waals surface area contributed by atoms with E-state index in [0.29, 0.717) is 6.54 Å². The number of furan rings is 1. The molecule has 1 unspecified atom stereocenters. The molecule has 2 heterocycles. The third-order valence-electron chi connectivity index (χ3n) is 3.73. The molecule has 0 bridgehead atoms. The zero-order chi connectivity index (χ0) is 13.9. The summed E-state index contributed by atoms with van der Waals surface area (Å²) in [7, 11) is 1.81. The molecule has 1 atom stereocenters. The Morgan fingerprint density at radius 1 is 1.30 bits per heavy atom. The molecule has 0 saturated carbocycles. The molecule has 4 heteroatoms. The Labute approximate surface area is 118 Å². The van der Waals surface area contributed by atoms with E-state index in [9.17, 15) is 4.79 Å². The summed E-state index contributed by atoms with van der Waals surface area (Å²) in [5, 5.41) is 3.31. The average molecular weight is 270 g/mol. The van der Waals surface area contributed by atoms with Crippen molar-refractivity contribution in [3.63, 3.8) is 0 Å². The highest BCUT2D eigenvalue weighted by Gasteiger charge is 2.26. The maximum Gasteiger partial charge on any atom is 0.240 e. The number of rotatable bonds is 3. The summed E-state index contributed by atoms with van der Waals surface area (Å²) in [4.78, 5) is 14.2. The van der Waals surface area contributed by atoms with Crippen molar-refractivity contribution in [1.82, 2.24) is 10.2 Å². The highest BCUT2D eigenvalue weighted by molar-refractivity contribution is 5.82. The second kappa shape index (κ2) is 5.51. The van der Waals surface area contributed by atoms with Gasteiger partial charge in [-0.2, -0.15) is 0 Å². The first-order valence-electron chi connectivity index (χ1n) is 6.81. The number of fused-ring (bicyclic) bond motifs is 1. The molecule has 0 saturated heterocycles. The van der Waals surface area contributed by atoms with E-state index in [2.05, 4.69) is 17.4 Å². The number of carbonyl (C=O) groups is 1. The summed E-state index contributed by atoms with van der Waals surface area (Å²) in [6.45, 7) is 1.26. The number of nitrogens with zero attached hydrogens (tertiary/aromatic N) is 1. The molecule has 0 spiro atoms. The number of benzene rings is 1. The second-order valence-corrected chi connectivity index (χ2v) is 5.18. The molecule has 4 nitrogen and oxygen atoms in total. The highest BCUT2D eigenvalue weighted by atomic mass is 16.3. The summed E-state index contributed by atoms with van der Waals surface area (Å²) >= 11 is 0. The van der Waals surface area contributed by atoms with Crippen LogP contribution in [0.1, 0.15) is 16.9 Å². The van der Waals surface area contributed by atoms with Crippen molar-refractivity contribution in [3.05, 3.63) is 59.5 Å². The minimum atomic E-state index is -0.148. The molecule has 1 aromatic carbocycles. The van der Waals surface area contributed by atoms with Gasteiger partial charge in [0, 0.05) is 13.6 Å². The van der Waals surface area contributed by atoms with Gasteiger partial charge in [0.15, 0.2) is 0 Å². The van der Waals surface area contributed by atoms with E-state index in [1.807, 2.05) is 31.3 Å². The smallest absolute Gasteiger partial charge is 0.240 e. The van der Waals surface area contributed by atoms with E-state index in [1.54, 1.807) is 11.2 Å². The van der Waals surface area contributed by atoms with Crippen molar-refractivity contribution >= 4 is 5.91 Å². The van der Waals surface area contributed by atoms with E-state index in [0.717, 1.165) is 18.7 Å². The summed E-state index contributed by atoms with van der Waals surface area (Å²) in [6.07, 6.45) is 2.38. The molecule has 104 valence electrons. The maximum absolute atomic E-state index is 12.5. The first-order chi connectivity index (χ1) is 9.74. The van der Waals surface area contributed by atoms with Crippen molar-refractivity contribution in [2.24, 2.45) is 0 Å². The molecule has 1 aliphatic rings. The zero-order valence-electron chi connectivity index (χ0n) is 11.5. The third kappa shape index (κ3) is 2.60.